The number of fused-ring (bicyclic) bond motifs is 2. The third-order valence-electron chi connectivity index (χ3n) is 4.23. The van der Waals surface area contributed by atoms with Crippen LogP contribution >= 0.6 is 0 Å². The molecule has 4 heteroatoms. The number of carbonyl (C=O) groups excluding carboxylic acids is 1. The van der Waals surface area contributed by atoms with Crippen LogP contribution in [-0.2, 0) is 4.74 Å². The second-order valence-electron chi connectivity index (χ2n) is 5.33. The van der Waals surface area contributed by atoms with E-state index in [9.17, 15) is 4.79 Å². The maximum Gasteiger partial charge on any atom is 0.287 e. The predicted octanol–water partition coefficient (Wildman–Crippen LogP) is 2.34. The van der Waals surface area contributed by atoms with Gasteiger partial charge in [0.1, 0.15) is 5.58 Å². The van der Waals surface area contributed by atoms with Crippen LogP contribution in [0.4, 0.5) is 0 Å². The highest BCUT2D eigenvalue weighted by atomic mass is 16.5. The molecule has 0 unspecified atom stereocenters. The van der Waals surface area contributed by atoms with Crippen molar-refractivity contribution >= 4 is 16.9 Å². The number of furan rings is 1. The molecule has 2 aromatic rings. The Kier molecular flexibility index (Phi) is 2.38. The number of benzene rings is 1. The Hall–Kier alpha value is -1.81. The number of nitrogens with one attached hydrogen (secondary N) is 1. The second kappa shape index (κ2) is 4.10. The van der Waals surface area contributed by atoms with Gasteiger partial charge in [0.15, 0.2) is 5.76 Å². The highest BCUT2D eigenvalue weighted by Gasteiger charge is 2.45. The molecule has 2 aliphatic rings. The number of hydrogen-bond donors (Lipinski definition) is 1. The van der Waals surface area contributed by atoms with Crippen LogP contribution in [0.5, 0.6) is 0 Å². The molecule has 19 heavy (non-hydrogen) atoms. The number of ether oxygens (including phenoxy) is 1. The van der Waals surface area contributed by atoms with Crippen molar-refractivity contribution in [2.24, 2.45) is 5.92 Å². The summed E-state index contributed by atoms with van der Waals surface area (Å²) < 4.78 is 11.1. The summed E-state index contributed by atoms with van der Waals surface area (Å²) in [5.74, 6) is 0.767. The van der Waals surface area contributed by atoms with E-state index in [0.29, 0.717) is 17.8 Å². The Morgan fingerprint density at radius 3 is 3.05 bits per heavy atom. The minimum absolute atomic E-state index is 0.119. The predicted molar refractivity (Wildman–Crippen MR) is 69.9 cm³/mol. The van der Waals surface area contributed by atoms with Crippen LogP contribution in [0.25, 0.3) is 11.0 Å². The standard InChI is InChI=1S/C15H15NO3/c17-15(16-11-8-13-10(11)5-6-18-13)14-7-9-3-1-2-4-12(9)19-14/h1-4,7,10-11,13H,5-6,8H2,(H,16,17)/t10-,11+,13+/m0/s1. The summed E-state index contributed by atoms with van der Waals surface area (Å²) in [5, 5.41) is 4.01. The Morgan fingerprint density at radius 1 is 1.32 bits per heavy atom. The lowest BCUT2D eigenvalue weighted by Gasteiger charge is -2.39. The molecule has 1 aliphatic heterocycles. The molecule has 2 fully saturated rings. The van der Waals surface area contributed by atoms with Crippen LogP contribution in [0.3, 0.4) is 0 Å². The Morgan fingerprint density at radius 2 is 2.21 bits per heavy atom. The van der Waals surface area contributed by atoms with Crippen LogP contribution in [0.2, 0.25) is 0 Å². The smallest absolute Gasteiger partial charge is 0.287 e. The molecular weight excluding hydrogens is 242 g/mol. The highest BCUT2D eigenvalue weighted by molar-refractivity contribution is 5.96. The largest absolute Gasteiger partial charge is 0.451 e. The molecule has 2 heterocycles. The lowest BCUT2D eigenvalue weighted by atomic mass is 9.76. The summed E-state index contributed by atoms with van der Waals surface area (Å²) in [7, 11) is 0. The molecule has 4 nitrogen and oxygen atoms in total. The summed E-state index contributed by atoms with van der Waals surface area (Å²) in [5.41, 5.74) is 0.753. The number of rotatable bonds is 2. The van der Waals surface area contributed by atoms with Crippen molar-refractivity contribution in [1.29, 1.82) is 0 Å². The topological polar surface area (TPSA) is 51.5 Å². The number of amides is 1. The van der Waals surface area contributed by atoms with Gasteiger partial charge in [-0.15, -0.1) is 0 Å². The molecule has 0 radical (unpaired) electrons. The zero-order valence-corrected chi connectivity index (χ0v) is 10.5. The molecule has 1 aromatic carbocycles. The van der Waals surface area contributed by atoms with E-state index in [1.807, 2.05) is 24.3 Å². The fourth-order valence-corrected chi connectivity index (χ4v) is 3.10. The lowest BCUT2D eigenvalue weighted by molar-refractivity contribution is 0.00775. The first-order chi connectivity index (χ1) is 9.31. The summed E-state index contributed by atoms with van der Waals surface area (Å²) in [6.45, 7) is 0.826. The van der Waals surface area contributed by atoms with E-state index in [-0.39, 0.29) is 11.9 Å². The van der Waals surface area contributed by atoms with Crippen molar-refractivity contribution in [3.8, 4) is 0 Å². The first kappa shape index (κ1) is 11.1. The number of para-hydroxylation sites is 1. The number of carbonyl (C=O) groups is 1. The van der Waals surface area contributed by atoms with Crippen LogP contribution in [0.15, 0.2) is 34.7 Å². The normalized spacial score (nSPS) is 28.9. The van der Waals surface area contributed by atoms with E-state index in [1.54, 1.807) is 6.07 Å². The van der Waals surface area contributed by atoms with Gasteiger partial charge >= 0.3 is 0 Å². The van der Waals surface area contributed by atoms with Gasteiger partial charge in [0.2, 0.25) is 0 Å². The van der Waals surface area contributed by atoms with Gasteiger partial charge in [-0.1, -0.05) is 18.2 Å². The van der Waals surface area contributed by atoms with E-state index in [0.717, 1.165) is 30.4 Å². The quantitative estimate of drug-likeness (QED) is 0.898. The molecule has 1 aliphatic carbocycles. The molecule has 1 saturated carbocycles. The molecule has 1 amide bonds. The van der Waals surface area contributed by atoms with E-state index in [2.05, 4.69) is 5.32 Å². The fourth-order valence-electron chi connectivity index (χ4n) is 3.10. The van der Waals surface area contributed by atoms with Crippen molar-refractivity contribution in [2.45, 2.75) is 25.0 Å². The van der Waals surface area contributed by atoms with Crippen LogP contribution in [-0.4, -0.2) is 24.7 Å². The van der Waals surface area contributed by atoms with Crippen molar-refractivity contribution in [3.63, 3.8) is 0 Å². The van der Waals surface area contributed by atoms with Gasteiger partial charge in [-0.05, 0) is 25.0 Å². The van der Waals surface area contributed by atoms with Crippen molar-refractivity contribution in [2.75, 3.05) is 6.61 Å². The number of hydrogen-bond acceptors (Lipinski definition) is 3. The molecular formula is C15H15NO3. The van der Waals surface area contributed by atoms with Gasteiger partial charge in [-0.2, -0.15) is 0 Å². The summed E-state index contributed by atoms with van der Waals surface area (Å²) in [6, 6.07) is 9.70. The third kappa shape index (κ3) is 1.75. The van der Waals surface area contributed by atoms with E-state index in [1.165, 1.54) is 0 Å². The molecule has 0 spiro atoms. The Bertz CT molecular complexity index is 600. The van der Waals surface area contributed by atoms with Crippen molar-refractivity contribution in [1.82, 2.24) is 5.32 Å². The van der Waals surface area contributed by atoms with Gasteiger partial charge in [0.25, 0.3) is 5.91 Å². The zero-order valence-electron chi connectivity index (χ0n) is 10.5. The SMILES string of the molecule is O=C(N[C@@H]1C[C@H]2OCC[C@@H]12)c1cc2ccccc2o1. The van der Waals surface area contributed by atoms with E-state index < -0.39 is 0 Å². The van der Waals surface area contributed by atoms with Gasteiger partial charge in [0.05, 0.1) is 6.10 Å². The molecule has 1 N–H and O–H groups in total. The minimum Gasteiger partial charge on any atom is -0.451 e. The van der Waals surface area contributed by atoms with Crippen LogP contribution < -0.4 is 5.32 Å². The average molecular weight is 257 g/mol. The molecule has 98 valence electrons. The van der Waals surface area contributed by atoms with Gasteiger partial charge in [0, 0.05) is 24.0 Å². The Labute approximate surface area is 110 Å². The van der Waals surface area contributed by atoms with Gasteiger partial charge < -0.3 is 14.5 Å². The first-order valence-corrected chi connectivity index (χ1v) is 6.72. The average Bonchev–Trinajstić information content (AvgIpc) is 2.99. The highest BCUT2D eigenvalue weighted by Crippen LogP contribution is 2.38. The molecule has 3 atom stereocenters. The molecule has 0 bridgehead atoms. The molecule has 1 saturated heterocycles. The molecule has 1 aromatic heterocycles. The van der Waals surface area contributed by atoms with Gasteiger partial charge in [-0.25, -0.2) is 0 Å². The third-order valence-corrected chi connectivity index (χ3v) is 4.23. The maximum absolute atomic E-state index is 12.2. The van der Waals surface area contributed by atoms with E-state index >= 15 is 0 Å². The van der Waals surface area contributed by atoms with Gasteiger partial charge in [-0.3, -0.25) is 4.79 Å². The van der Waals surface area contributed by atoms with Crippen molar-refractivity contribution in [3.05, 3.63) is 36.1 Å². The van der Waals surface area contributed by atoms with E-state index in [4.69, 9.17) is 9.15 Å². The Balaban J connectivity index is 1.51. The molecule has 4 rings (SSSR count). The minimum atomic E-state index is -0.119. The zero-order chi connectivity index (χ0) is 12.8. The summed E-state index contributed by atoms with van der Waals surface area (Å²) >= 11 is 0. The summed E-state index contributed by atoms with van der Waals surface area (Å²) in [6.07, 6.45) is 2.34. The first-order valence-electron chi connectivity index (χ1n) is 6.72. The monoisotopic (exact) mass is 257 g/mol. The summed E-state index contributed by atoms with van der Waals surface area (Å²) in [4.78, 5) is 12.2. The second-order valence-corrected chi connectivity index (χ2v) is 5.33. The lowest BCUT2D eigenvalue weighted by Crippen LogP contribution is -2.53. The van der Waals surface area contributed by atoms with Crippen LogP contribution in [0, 0.1) is 5.92 Å². The fraction of sp³-hybridized carbons (Fsp3) is 0.400. The maximum atomic E-state index is 12.2. The van der Waals surface area contributed by atoms with Crippen molar-refractivity contribution < 1.29 is 13.9 Å². The van der Waals surface area contributed by atoms with Crippen LogP contribution in [0.1, 0.15) is 23.4 Å².